The molecule has 1 aromatic heterocycles. The summed E-state index contributed by atoms with van der Waals surface area (Å²) in [5, 5.41) is 4.13. The first kappa shape index (κ1) is 17.8. The average molecular weight is 337 g/mol. The van der Waals surface area contributed by atoms with Crippen LogP contribution in [0.25, 0.3) is 0 Å². The second kappa shape index (κ2) is 8.96. The summed E-state index contributed by atoms with van der Waals surface area (Å²) in [5.41, 5.74) is 5.88. The van der Waals surface area contributed by atoms with Gasteiger partial charge in [0.05, 0.1) is 0 Å². The summed E-state index contributed by atoms with van der Waals surface area (Å²) in [7, 11) is 0. The molecule has 23 heavy (non-hydrogen) atoms. The van der Waals surface area contributed by atoms with Crippen LogP contribution in [0.2, 0.25) is 0 Å². The number of nitrogens with one attached hydrogen (secondary N) is 1. The number of amides is 1. The van der Waals surface area contributed by atoms with Crippen LogP contribution in [0.3, 0.4) is 0 Å². The van der Waals surface area contributed by atoms with E-state index in [0.717, 1.165) is 55.6 Å². The number of thioether (sulfide) groups is 1. The van der Waals surface area contributed by atoms with Crippen molar-refractivity contribution in [2.75, 3.05) is 36.4 Å². The van der Waals surface area contributed by atoms with Gasteiger partial charge in [0.25, 0.3) is 0 Å². The number of carbonyl (C=O) groups is 1. The Kier molecular flexibility index (Phi) is 6.95. The van der Waals surface area contributed by atoms with E-state index in [-0.39, 0.29) is 5.91 Å². The molecule has 1 amide bonds. The Labute approximate surface area is 142 Å². The van der Waals surface area contributed by atoms with Crippen LogP contribution >= 0.6 is 11.8 Å². The van der Waals surface area contributed by atoms with Crippen LogP contribution in [-0.4, -0.2) is 46.2 Å². The number of hydrogen-bond donors (Lipinski definition) is 2. The molecule has 1 fully saturated rings. The monoisotopic (exact) mass is 337 g/mol. The quantitative estimate of drug-likeness (QED) is 0.452. The summed E-state index contributed by atoms with van der Waals surface area (Å²) in [6.07, 6.45) is 4.39. The van der Waals surface area contributed by atoms with Gasteiger partial charge in [-0.15, -0.1) is 0 Å². The molecule has 0 aliphatic carbocycles. The van der Waals surface area contributed by atoms with E-state index in [1.165, 1.54) is 6.42 Å². The molecule has 7 heteroatoms. The molecule has 1 saturated heterocycles. The zero-order chi connectivity index (χ0) is 16.7. The maximum Gasteiger partial charge on any atom is 0.219 e. The van der Waals surface area contributed by atoms with Crippen molar-refractivity contribution in [3.63, 3.8) is 0 Å². The first-order chi connectivity index (χ1) is 11.1. The molecule has 0 radical (unpaired) electrons. The molecule has 2 heterocycles. The lowest BCUT2D eigenvalue weighted by molar-refractivity contribution is -0.130. The third kappa shape index (κ3) is 5.89. The van der Waals surface area contributed by atoms with Crippen molar-refractivity contribution in [2.24, 2.45) is 5.92 Å². The van der Waals surface area contributed by atoms with Gasteiger partial charge in [0.15, 0.2) is 5.16 Å². The molecular formula is C16H27N5OS. The topological polar surface area (TPSA) is 84.1 Å². The molecule has 0 bridgehead atoms. The van der Waals surface area contributed by atoms with E-state index in [1.54, 1.807) is 24.8 Å². The van der Waals surface area contributed by atoms with Gasteiger partial charge in [-0.1, -0.05) is 25.1 Å². The van der Waals surface area contributed by atoms with Gasteiger partial charge >= 0.3 is 0 Å². The molecule has 128 valence electrons. The van der Waals surface area contributed by atoms with Gasteiger partial charge in [-0.05, 0) is 25.2 Å². The van der Waals surface area contributed by atoms with Crippen molar-refractivity contribution in [3.8, 4) is 0 Å². The zero-order valence-corrected chi connectivity index (χ0v) is 14.9. The summed E-state index contributed by atoms with van der Waals surface area (Å²) in [5.74, 6) is 3.06. The van der Waals surface area contributed by atoms with Crippen molar-refractivity contribution in [3.05, 3.63) is 6.07 Å². The average Bonchev–Trinajstić information content (AvgIpc) is 2.53. The Bertz CT molecular complexity index is 517. The van der Waals surface area contributed by atoms with Crippen LogP contribution < -0.4 is 11.1 Å². The number of hydrogen-bond acceptors (Lipinski definition) is 6. The fourth-order valence-corrected chi connectivity index (χ4v) is 3.56. The van der Waals surface area contributed by atoms with E-state index in [1.807, 2.05) is 4.90 Å². The number of piperidine rings is 1. The second-order valence-electron chi connectivity index (χ2n) is 5.99. The number of rotatable bonds is 7. The molecule has 3 N–H and O–H groups in total. The van der Waals surface area contributed by atoms with Crippen molar-refractivity contribution in [1.82, 2.24) is 14.9 Å². The molecule has 0 aromatic carbocycles. The highest BCUT2D eigenvalue weighted by molar-refractivity contribution is 7.99. The summed E-state index contributed by atoms with van der Waals surface area (Å²) >= 11 is 1.65. The molecule has 6 nitrogen and oxygen atoms in total. The second-order valence-corrected chi connectivity index (χ2v) is 7.06. The molecule has 2 rings (SSSR count). The summed E-state index contributed by atoms with van der Waals surface area (Å²) in [4.78, 5) is 22.1. The van der Waals surface area contributed by atoms with E-state index >= 15 is 0 Å². The van der Waals surface area contributed by atoms with Gasteiger partial charge in [0, 0.05) is 38.4 Å². The Hall–Kier alpha value is -1.50. The summed E-state index contributed by atoms with van der Waals surface area (Å²) in [6.45, 7) is 6.38. The molecule has 0 spiro atoms. The van der Waals surface area contributed by atoms with E-state index in [0.29, 0.717) is 11.7 Å². The minimum Gasteiger partial charge on any atom is -0.383 e. The van der Waals surface area contributed by atoms with Crippen LogP contribution in [0.1, 0.15) is 39.5 Å². The number of nitrogens with zero attached hydrogens (tertiary/aromatic N) is 3. The molecule has 1 aliphatic rings. The highest BCUT2D eigenvalue weighted by Gasteiger charge is 2.20. The molecule has 0 unspecified atom stereocenters. The van der Waals surface area contributed by atoms with Gasteiger partial charge in [0.1, 0.15) is 11.6 Å². The minimum atomic E-state index is 0.175. The number of carbonyl (C=O) groups excluding carboxylic acids is 1. The maximum absolute atomic E-state index is 11.3. The number of nitrogen functional groups attached to an aromatic ring is 1. The Morgan fingerprint density at radius 2 is 2.17 bits per heavy atom. The molecular weight excluding hydrogens is 310 g/mol. The number of likely N-dealkylation sites (tertiary alicyclic amines) is 1. The minimum absolute atomic E-state index is 0.175. The third-order valence-corrected chi connectivity index (χ3v) is 5.02. The Morgan fingerprint density at radius 3 is 2.83 bits per heavy atom. The van der Waals surface area contributed by atoms with Crippen LogP contribution in [0.5, 0.6) is 0 Å². The van der Waals surface area contributed by atoms with Gasteiger partial charge in [-0.3, -0.25) is 4.79 Å². The Balaban J connectivity index is 1.82. The van der Waals surface area contributed by atoms with Crippen molar-refractivity contribution >= 4 is 29.3 Å². The smallest absolute Gasteiger partial charge is 0.219 e. The van der Waals surface area contributed by atoms with E-state index < -0.39 is 0 Å². The molecule has 1 aromatic rings. The fourth-order valence-electron chi connectivity index (χ4n) is 2.61. The SMILES string of the molecule is CCCCSc1nc(N)cc(NCC2CCN(C(C)=O)CC2)n1. The van der Waals surface area contributed by atoms with Gasteiger partial charge < -0.3 is 16.0 Å². The van der Waals surface area contributed by atoms with Gasteiger partial charge in [-0.2, -0.15) is 0 Å². The van der Waals surface area contributed by atoms with Crippen molar-refractivity contribution in [1.29, 1.82) is 0 Å². The van der Waals surface area contributed by atoms with Crippen LogP contribution in [0.15, 0.2) is 11.2 Å². The van der Waals surface area contributed by atoms with E-state index in [4.69, 9.17) is 5.73 Å². The maximum atomic E-state index is 11.3. The lowest BCUT2D eigenvalue weighted by atomic mass is 9.97. The van der Waals surface area contributed by atoms with Crippen LogP contribution in [-0.2, 0) is 4.79 Å². The largest absolute Gasteiger partial charge is 0.383 e. The van der Waals surface area contributed by atoms with Crippen LogP contribution in [0, 0.1) is 5.92 Å². The highest BCUT2D eigenvalue weighted by atomic mass is 32.2. The zero-order valence-electron chi connectivity index (χ0n) is 14.0. The normalized spacial score (nSPS) is 15.7. The first-order valence-electron chi connectivity index (χ1n) is 8.35. The van der Waals surface area contributed by atoms with Gasteiger partial charge in [-0.25, -0.2) is 9.97 Å². The lowest BCUT2D eigenvalue weighted by Gasteiger charge is -2.31. The van der Waals surface area contributed by atoms with E-state index in [2.05, 4.69) is 22.2 Å². The number of anilines is 2. The summed E-state index contributed by atoms with van der Waals surface area (Å²) < 4.78 is 0. The van der Waals surface area contributed by atoms with Gasteiger partial charge in [0.2, 0.25) is 5.91 Å². The number of nitrogens with two attached hydrogens (primary N) is 1. The fraction of sp³-hybridized carbons (Fsp3) is 0.688. The third-order valence-electron chi connectivity index (χ3n) is 4.09. The predicted octanol–water partition coefficient (Wildman–Crippen LogP) is 2.62. The van der Waals surface area contributed by atoms with Crippen LogP contribution in [0.4, 0.5) is 11.6 Å². The lowest BCUT2D eigenvalue weighted by Crippen LogP contribution is -2.38. The standard InChI is InChI=1S/C16H27N5OS/c1-3-4-9-23-16-19-14(17)10-15(20-16)18-11-13-5-7-21(8-6-13)12(2)22/h10,13H,3-9,11H2,1-2H3,(H3,17,18,19,20). The number of unbranched alkanes of at least 4 members (excludes halogenated alkanes) is 1. The highest BCUT2D eigenvalue weighted by Crippen LogP contribution is 2.21. The summed E-state index contributed by atoms with van der Waals surface area (Å²) in [6, 6.07) is 1.79. The molecule has 0 atom stereocenters. The van der Waals surface area contributed by atoms with E-state index in [9.17, 15) is 4.79 Å². The van der Waals surface area contributed by atoms with Crippen molar-refractivity contribution < 1.29 is 4.79 Å². The first-order valence-corrected chi connectivity index (χ1v) is 9.33. The van der Waals surface area contributed by atoms with Crippen molar-refractivity contribution in [2.45, 2.75) is 44.7 Å². The number of aromatic nitrogens is 2. The predicted molar refractivity (Wildman–Crippen MR) is 95.5 cm³/mol. The Morgan fingerprint density at radius 1 is 1.43 bits per heavy atom. The molecule has 0 saturated carbocycles. The molecule has 1 aliphatic heterocycles.